The number of alkyl halides is 3. The van der Waals surface area contributed by atoms with E-state index >= 15 is 0 Å². The van der Waals surface area contributed by atoms with Gasteiger partial charge in [0.15, 0.2) is 0 Å². The third kappa shape index (κ3) is 6.06. The number of benzene rings is 1. The van der Waals surface area contributed by atoms with Gasteiger partial charge < -0.3 is 4.57 Å². The molecule has 1 heterocycles. The molecule has 2 rings (SSSR count). The van der Waals surface area contributed by atoms with Crippen molar-refractivity contribution in [2.45, 2.75) is 63.6 Å². The Morgan fingerprint density at radius 1 is 1.23 bits per heavy atom. The summed E-state index contributed by atoms with van der Waals surface area (Å²) in [6, 6.07) is 4.23. The quantitative estimate of drug-likeness (QED) is 0.357. The fourth-order valence-electron chi connectivity index (χ4n) is 3.18. The van der Waals surface area contributed by atoms with E-state index in [1.54, 1.807) is 11.5 Å². The Hall–Kier alpha value is -2.42. The van der Waals surface area contributed by atoms with Crippen LogP contribution in [0.25, 0.3) is 11.0 Å². The number of fused-ring (bicyclic) bond motifs is 1. The molecule has 0 radical (unpaired) electrons. The van der Waals surface area contributed by atoms with Crippen LogP contribution in [0, 0.1) is 0 Å². The summed E-state index contributed by atoms with van der Waals surface area (Å²) in [5.74, 6) is -0.345. The zero-order chi connectivity index (χ0) is 23.6. The summed E-state index contributed by atoms with van der Waals surface area (Å²) >= 11 is 0. The monoisotopic (exact) mass is 458 g/mol. The molecule has 2 aromatic rings. The van der Waals surface area contributed by atoms with E-state index in [1.165, 1.54) is 30.4 Å². The zero-order valence-electron chi connectivity index (χ0n) is 17.9. The third-order valence-electron chi connectivity index (χ3n) is 4.48. The van der Waals surface area contributed by atoms with Crippen LogP contribution in [-0.2, 0) is 21.8 Å². The summed E-state index contributed by atoms with van der Waals surface area (Å²) in [6.07, 6.45) is -1.73. The lowest BCUT2D eigenvalue weighted by molar-refractivity contribution is -0.135. The highest BCUT2D eigenvalue weighted by molar-refractivity contribution is 7.95. The van der Waals surface area contributed by atoms with E-state index in [2.05, 4.69) is 11.6 Å². The summed E-state index contributed by atoms with van der Waals surface area (Å²) in [5.41, 5.74) is 0.410. The van der Waals surface area contributed by atoms with Crippen LogP contribution in [0.1, 0.15) is 46.4 Å². The molecule has 1 aromatic heterocycles. The number of hydrogen-bond acceptors (Lipinski definition) is 3. The Labute approximate surface area is 179 Å². The molecule has 0 N–H and O–H groups in total. The summed E-state index contributed by atoms with van der Waals surface area (Å²) in [4.78, 5) is 4.17. The van der Waals surface area contributed by atoms with Crippen LogP contribution in [0.2, 0.25) is 0 Å². The third-order valence-corrected chi connectivity index (χ3v) is 6.23. The number of nitrogens with zero attached hydrogens (tertiary/aromatic N) is 2. The van der Waals surface area contributed by atoms with Crippen molar-refractivity contribution < 1.29 is 26.0 Å². The van der Waals surface area contributed by atoms with Gasteiger partial charge in [0.25, 0.3) is 0 Å². The first kappa shape index (κ1) is 24.8. The highest BCUT2D eigenvalue weighted by Gasteiger charge is 2.28. The minimum atomic E-state index is -4.25. The summed E-state index contributed by atoms with van der Waals surface area (Å²) < 4.78 is 78.8. The Morgan fingerprint density at radius 3 is 2.39 bits per heavy atom. The van der Waals surface area contributed by atoms with E-state index in [4.69, 9.17) is 0 Å². The molecule has 1 aromatic carbocycles. The lowest BCUT2D eigenvalue weighted by Crippen LogP contribution is -2.20. The van der Waals surface area contributed by atoms with Gasteiger partial charge in [0, 0.05) is 18.4 Å². The average molecular weight is 459 g/mol. The number of aryl methyl sites for hydroxylation is 1. The first-order valence-electron chi connectivity index (χ1n) is 9.68. The fraction of sp³-hybridized carbons (Fsp3) is 0.409. The first-order valence-corrected chi connectivity index (χ1v) is 11.2. The molecule has 0 aliphatic rings. The second-order valence-electron chi connectivity index (χ2n) is 8.20. The van der Waals surface area contributed by atoms with Crippen molar-refractivity contribution in [3.8, 4) is 0 Å². The highest BCUT2D eigenvalue weighted by atomic mass is 32.2. The van der Waals surface area contributed by atoms with Crippen molar-refractivity contribution in [2.24, 2.45) is 0 Å². The van der Waals surface area contributed by atoms with E-state index < -0.39 is 33.7 Å². The lowest BCUT2D eigenvalue weighted by Gasteiger charge is -2.20. The van der Waals surface area contributed by atoms with Crippen LogP contribution in [0.4, 0.5) is 17.6 Å². The summed E-state index contributed by atoms with van der Waals surface area (Å²) in [7, 11) is -4.05. The van der Waals surface area contributed by atoms with Crippen LogP contribution in [0.15, 0.2) is 58.6 Å². The van der Waals surface area contributed by atoms with E-state index in [9.17, 15) is 26.0 Å². The molecule has 0 bridgehead atoms. The highest BCUT2D eigenvalue weighted by Crippen LogP contribution is 2.31. The van der Waals surface area contributed by atoms with Crippen molar-refractivity contribution in [1.82, 2.24) is 9.55 Å². The zero-order valence-corrected chi connectivity index (χ0v) is 18.7. The molecule has 4 nitrogen and oxygen atoms in total. The summed E-state index contributed by atoms with van der Waals surface area (Å²) in [6.45, 7) is 10.4. The minimum Gasteiger partial charge on any atom is -0.328 e. The van der Waals surface area contributed by atoms with Gasteiger partial charge in [-0.2, -0.15) is 13.2 Å². The maximum absolute atomic E-state index is 13.3. The van der Waals surface area contributed by atoms with Crippen LogP contribution in [0.5, 0.6) is 0 Å². The smallest absolute Gasteiger partial charge is 0.328 e. The van der Waals surface area contributed by atoms with Gasteiger partial charge >= 0.3 is 6.18 Å². The molecule has 0 saturated carbocycles. The van der Waals surface area contributed by atoms with Crippen LogP contribution >= 0.6 is 0 Å². The van der Waals surface area contributed by atoms with Crippen LogP contribution < -0.4 is 0 Å². The maximum Gasteiger partial charge on any atom is 0.389 e. The van der Waals surface area contributed by atoms with Gasteiger partial charge in [0.05, 0.1) is 20.8 Å². The van der Waals surface area contributed by atoms with Gasteiger partial charge in [0.2, 0.25) is 9.84 Å². The molecule has 0 spiro atoms. The Morgan fingerprint density at radius 2 is 1.87 bits per heavy atom. The molecule has 0 unspecified atom stereocenters. The molecule has 0 fully saturated rings. The van der Waals surface area contributed by atoms with E-state index in [-0.39, 0.29) is 22.8 Å². The van der Waals surface area contributed by atoms with Crippen molar-refractivity contribution in [3.63, 3.8) is 0 Å². The topological polar surface area (TPSA) is 52.0 Å². The second kappa shape index (κ2) is 8.98. The minimum absolute atomic E-state index is 0.0917. The maximum atomic E-state index is 13.3. The first-order chi connectivity index (χ1) is 14.2. The number of sulfone groups is 1. The SMILES string of the molecule is C=C(F)/C=C(\C=C/C)S(=O)(=O)c1ccc2c(c1)nc(C(C)(C)C)n2CCCC(F)(F)F. The molecule has 0 aliphatic carbocycles. The van der Waals surface area contributed by atoms with E-state index in [0.717, 1.165) is 6.08 Å². The predicted molar refractivity (Wildman–Crippen MR) is 114 cm³/mol. The molecule has 31 heavy (non-hydrogen) atoms. The Balaban J connectivity index is 2.59. The number of hydrogen-bond donors (Lipinski definition) is 0. The van der Waals surface area contributed by atoms with Gasteiger partial charge in [-0.1, -0.05) is 33.4 Å². The number of aromatic nitrogens is 2. The van der Waals surface area contributed by atoms with Gasteiger partial charge in [-0.3, -0.25) is 0 Å². The lowest BCUT2D eigenvalue weighted by atomic mass is 9.95. The van der Waals surface area contributed by atoms with Gasteiger partial charge in [-0.05, 0) is 43.7 Å². The molecular formula is C22H26F4N2O2S. The Kier molecular flexibility index (Phi) is 7.20. The van der Waals surface area contributed by atoms with Crippen molar-refractivity contribution in [3.05, 3.63) is 59.6 Å². The molecule has 9 heteroatoms. The predicted octanol–water partition coefficient (Wildman–Crippen LogP) is 6.39. The molecule has 0 amide bonds. The van der Waals surface area contributed by atoms with Crippen LogP contribution in [-0.4, -0.2) is 24.1 Å². The molecule has 0 saturated heterocycles. The largest absolute Gasteiger partial charge is 0.389 e. The number of halogens is 4. The molecular weight excluding hydrogens is 432 g/mol. The van der Waals surface area contributed by atoms with Gasteiger partial charge in [-0.25, -0.2) is 17.8 Å². The normalized spacial score (nSPS) is 14.0. The van der Waals surface area contributed by atoms with E-state index in [1.807, 2.05) is 20.8 Å². The number of imidazole rings is 1. The molecule has 0 atom stereocenters. The average Bonchev–Trinajstić information content (AvgIpc) is 2.98. The molecule has 0 aliphatic heterocycles. The van der Waals surface area contributed by atoms with Gasteiger partial charge in [-0.15, -0.1) is 0 Å². The van der Waals surface area contributed by atoms with Crippen molar-refractivity contribution >= 4 is 20.9 Å². The van der Waals surface area contributed by atoms with E-state index in [0.29, 0.717) is 16.9 Å². The standard InChI is InChI=1S/C22H26F4N2O2S/c1-6-8-16(13-15(2)23)31(29,30)17-9-10-19-18(14-17)27-20(21(3,4)5)28(19)12-7-11-22(24,25)26/h6,8-10,13-14H,2,7,11-12H2,1,3-5H3/b8-6-,16-13+. The molecule has 170 valence electrons. The van der Waals surface area contributed by atoms with Crippen molar-refractivity contribution in [2.75, 3.05) is 0 Å². The summed E-state index contributed by atoms with van der Waals surface area (Å²) in [5, 5.41) is 0. The number of allylic oxidation sites excluding steroid dienone is 4. The number of rotatable bonds is 7. The van der Waals surface area contributed by atoms with Gasteiger partial charge in [0.1, 0.15) is 11.7 Å². The Bertz CT molecular complexity index is 1130. The second-order valence-corrected chi connectivity index (χ2v) is 10.2. The van der Waals surface area contributed by atoms with Crippen LogP contribution in [0.3, 0.4) is 0 Å². The van der Waals surface area contributed by atoms with Crippen molar-refractivity contribution in [1.29, 1.82) is 0 Å². The fourth-order valence-corrected chi connectivity index (χ4v) is 4.57.